The standard InChI is InChI=1S/C15H27NO3.ClH/c17-14(15(18)8-4-1-2-5-9-15)19-13-12-16-10-6-3-7-11-16;/h18H,1-13H2;1H. The second-order valence-electron chi connectivity index (χ2n) is 5.98. The molecule has 1 saturated heterocycles. The number of rotatable bonds is 4. The largest absolute Gasteiger partial charge is 0.462 e. The average molecular weight is 306 g/mol. The summed E-state index contributed by atoms with van der Waals surface area (Å²) >= 11 is 0. The van der Waals surface area contributed by atoms with E-state index < -0.39 is 11.6 Å². The van der Waals surface area contributed by atoms with Crippen molar-refractivity contribution < 1.29 is 14.6 Å². The molecule has 0 amide bonds. The third-order valence-corrected chi connectivity index (χ3v) is 4.40. The molecule has 1 aliphatic heterocycles. The van der Waals surface area contributed by atoms with E-state index in [1.54, 1.807) is 0 Å². The topological polar surface area (TPSA) is 49.8 Å². The summed E-state index contributed by atoms with van der Waals surface area (Å²) in [7, 11) is 0. The van der Waals surface area contributed by atoms with Crippen molar-refractivity contribution in [3.63, 3.8) is 0 Å². The first-order valence-corrected chi connectivity index (χ1v) is 7.83. The van der Waals surface area contributed by atoms with Crippen LogP contribution in [0.3, 0.4) is 0 Å². The van der Waals surface area contributed by atoms with Crippen molar-refractivity contribution in [2.24, 2.45) is 0 Å². The average Bonchev–Trinajstić information content (AvgIpc) is 2.66. The summed E-state index contributed by atoms with van der Waals surface area (Å²) in [6.45, 7) is 3.45. The van der Waals surface area contributed by atoms with Crippen LogP contribution in [0, 0.1) is 0 Å². The fourth-order valence-electron chi connectivity index (χ4n) is 3.10. The minimum atomic E-state index is -1.21. The third kappa shape index (κ3) is 5.23. The fraction of sp³-hybridized carbons (Fsp3) is 0.933. The molecule has 0 unspecified atom stereocenters. The Hall–Kier alpha value is -0.320. The van der Waals surface area contributed by atoms with Crippen LogP contribution >= 0.6 is 12.4 Å². The van der Waals surface area contributed by atoms with E-state index in [1.165, 1.54) is 19.3 Å². The molecular formula is C15H28ClNO3. The molecule has 0 bridgehead atoms. The Bertz CT molecular complexity index is 285. The van der Waals surface area contributed by atoms with Gasteiger partial charge in [0, 0.05) is 6.54 Å². The Morgan fingerprint density at radius 3 is 2.15 bits per heavy atom. The number of likely N-dealkylation sites (tertiary alicyclic amines) is 1. The highest BCUT2D eigenvalue weighted by Gasteiger charge is 2.37. The lowest BCUT2D eigenvalue weighted by atomic mass is 9.95. The van der Waals surface area contributed by atoms with Gasteiger partial charge in [0.05, 0.1) is 0 Å². The predicted octanol–water partition coefficient (Wildman–Crippen LogP) is 2.52. The summed E-state index contributed by atoms with van der Waals surface area (Å²) in [5.41, 5.74) is -1.21. The van der Waals surface area contributed by atoms with Crippen LogP contribution in [0.5, 0.6) is 0 Å². The van der Waals surface area contributed by atoms with Crippen LogP contribution in [-0.4, -0.2) is 47.8 Å². The van der Waals surface area contributed by atoms with Crippen LogP contribution in [0.15, 0.2) is 0 Å². The van der Waals surface area contributed by atoms with Gasteiger partial charge in [-0.15, -0.1) is 12.4 Å². The molecule has 118 valence electrons. The molecule has 1 heterocycles. The van der Waals surface area contributed by atoms with Crippen molar-refractivity contribution in [3.05, 3.63) is 0 Å². The SMILES string of the molecule is Cl.O=C(OCCN1CCCCC1)C1(O)CCCCCC1. The highest BCUT2D eigenvalue weighted by Crippen LogP contribution is 2.28. The Balaban J connectivity index is 0.00000200. The van der Waals surface area contributed by atoms with Crippen molar-refractivity contribution in [2.45, 2.75) is 63.4 Å². The Morgan fingerprint density at radius 2 is 1.55 bits per heavy atom. The van der Waals surface area contributed by atoms with Gasteiger partial charge in [0.1, 0.15) is 6.61 Å². The number of carbonyl (C=O) groups excluding carboxylic acids is 1. The minimum absolute atomic E-state index is 0. The van der Waals surface area contributed by atoms with Gasteiger partial charge < -0.3 is 9.84 Å². The second kappa shape index (κ2) is 8.85. The Morgan fingerprint density at radius 1 is 1.00 bits per heavy atom. The first-order valence-electron chi connectivity index (χ1n) is 7.83. The maximum atomic E-state index is 12.0. The van der Waals surface area contributed by atoms with Crippen molar-refractivity contribution in [1.82, 2.24) is 4.90 Å². The molecule has 2 rings (SSSR count). The molecule has 1 aliphatic carbocycles. The molecule has 1 N–H and O–H groups in total. The Labute approximate surface area is 128 Å². The smallest absolute Gasteiger partial charge is 0.338 e. The van der Waals surface area contributed by atoms with E-state index >= 15 is 0 Å². The van der Waals surface area contributed by atoms with Crippen LogP contribution in [0.25, 0.3) is 0 Å². The third-order valence-electron chi connectivity index (χ3n) is 4.40. The number of piperidine rings is 1. The lowest BCUT2D eigenvalue weighted by Crippen LogP contribution is -2.41. The summed E-state index contributed by atoms with van der Waals surface area (Å²) in [5, 5.41) is 10.4. The van der Waals surface area contributed by atoms with E-state index in [9.17, 15) is 9.90 Å². The van der Waals surface area contributed by atoms with Crippen LogP contribution in [0.2, 0.25) is 0 Å². The lowest BCUT2D eigenvalue weighted by molar-refractivity contribution is -0.167. The number of hydrogen-bond donors (Lipinski definition) is 1. The number of aliphatic hydroxyl groups is 1. The molecule has 20 heavy (non-hydrogen) atoms. The molecule has 4 nitrogen and oxygen atoms in total. The van der Waals surface area contributed by atoms with Gasteiger partial charge in [0.2, 0.25) is 0 Å². The number of carbonyl (C=O) groups is 1. The number of esters is 1. The van der Waals surface area contributed by atoms with Gasteiger partial charge in [0.25, 0.3) is 0 Å². The van der Waals surface area contributed by atoms with Gasteiger partial charge in [-0.25, -0.2) is 4.79 Å². The minimum Gasteiger partial charge on any atom is -0.462 e. The molecule has 2 fully saturated rings. The zero-order chi connectivity index (χ0) is 13.6. The summed E-state index contributed by atoms with van der Waals surface area (Å²) in [5.74, 6) is -0.397. The zero-order valence-corrected chi connectivity index (χ0v) is 13.1. The van der Waals surface area contributed by atoms with E-state index in [0.29, 0.717) is 19.4 Å². The highest BCUT2D eigenvalue weighted by atomic mass is 35.5. The predicted molar refractivity (Wildman–Crippen MR) is 81.1 cm³/mol. The van der Waals surface area contributed by atoms with E-state index in [4.69, 9.17) is 4.74 Å². The van der Waals surface area contributed by atoms with Crippen LogP contribution < -0.4 is 0 Å². The van der Waals surface area contributed by atoms with Gasteiger partial charge in [-0.1, -0.05) is 19.3 Å². The van der Waals surface area contributed by atoms with E-state index in [1.807, 2.05) is 0 Å². The summed E-state index contributed by atoms with van der Waals surface area (Å²) in [4.78, 5) is 14.4. The Kier molecular flexibility index (Phi) is 7.85. The molecule has 0 spiro atoms. The zero-order valence-electron chi connectivity index (χ0n) is 12.3. The molecule has 0 aromatic rings. The molecule has 1 saturated carbocycles. The van der Waals surface area contributed by atoms with Gasteiger partial charge in [0.15, 0.2) is 5.60 Å². The second-order valence-corrected chi connectivity index (χ2v) is 5.98. The van der Waals surface area contributed by atoms with Gasteiger partial charge in [-0.3, -0.25) is 4.90 Å². The van der Waals surface area contributed by atoms with Crippen molar-refractivity contribution in [2.75, 3.05) is 26.2 Å². The normalized spacial score (nSPS) is 23.4. The van der Waals surface area contributed by atoms with E-state index in [2.05, 4.69) is 4.90 Å². The fourth-order valence-corrected chi connectivity index (χ4v) is 3.10. The number of halogens is 1. The lowest BCUT2D eigenvalue weighted by Gasteiger charge is -2.28. The summed E-state index contributed by atoms with van der Waals surface area (Å²) < 4.78 is 5.31. The molecule has 2 aliphatic rings. The van der Waals surface area contributed by atoms with Gasteiger partial charge in [-0.05, 0) is 51.6 Å². The monoisotopic (exact) mass is 305 g/mol. The van der Waals surface area contributed by atoms with E-state index in [-0.39, 0.29) is 12.4 Å². The van der Waals surface area contributed by atoms with Crippen molar-refractivity contribution >= 4 is 18.4 Å². The number of hydrogen-bond acceptors (Lipinski definition) is 4. The van der Waals surface area contributed by atoms with Gasteiger partial charge in [-0.2, -0.15) is 0 Å². The summed E-state index contributed by atoms with van der Waals surface area (Å²) in [6, 6.07) is 0. The maximum absolute atomic E-state index is 12.0. The van der Waals surface area contributed by atoms with E-state index in [0.717, 1.165) is 45.3 Å². The van der Waals surface area contributed by atoms with Gasteiger partial charge >= 0.3 is 5.97 Å². The molecule has 5 heteroatoms. The number of nitrogens with zero attached hydrogens (tertiary/aromatic N) is 1. The summed E-state index contributed by atoms with van der Waals surface area (Å²) in [6.07, 6.45) is 9.03. The van der Waals surface area contributed by atoms with Crippen molar-refractivity contribution in [3.8, 4) is 0 Å². The van der Waals surface area contributed by atoms with Crippen molar-refractivity contribution in [1.29, 1.82) is 0 Å². The molecule has 0 atom stereocenters. The van der Waals surface area contributed by atoms with Crippen LogP contribution in [0.4, 0.5) is 0 Å². The highest BCUT2D eigenvalue weighted by molar-refractivity contribution is 5.85. The van der Waals surface area contributed by atoms with Crippen LogP contribution in [0.1, 0.15) is 57.8 Å². The maximum Gasteiger partial charge on any atom is 0.338 e. The molecule has 0 radical (unpaired) electrons. The number of ether oxygens (including phenoxy) is 1. The molecular weight excluding hydrogens is 278 g/mol. The van der Waals surface area contributed by atoms with Crippen LogP contribution in [-0.2, 0) is 9.53 Å². The first kappa shape index (κ1) is 17.7. The molecule has 0 aromatic carbocycles. The molecule has 0 aromatic heterocycles. The quantitative estimate of drug-likeness (QED) is 0.640. The first-order chi connectivity index (χ1) is 9.21.